The summed E-state index contributed by atoms with van der Waals surface area (Å²) in [7, 11) is 1.90. The van der Waals surface area contributed by atoms with Crippen LogP contribution in [0.25, 0.3) is 0 Å². The highest BCUT2D eigenvalue weighted by atomic mass is 33.1. The third kappa shape index (κ3) is 26.8. The molecule has 29 nitrogen and oxygen atoms in total. The van der Waals surface area contributed by atoms with Gasteiger partial charge in [-0.2, -0.15) is 0 Å². The first-order chi connectivity index (χ1) is 43.3. The van der Waals surface area contributed by atoms with E-state index in [1.165, 1.54) is 35.4 Å². The predicted octanol–water partition coefficient (Wildman–Crippen LogP) is -1.25. The van der Waals surface area contributed by atoms with Crippen molar-refractivity contribution in [1.82, 2.24) is 52.8 Å². The number of amides is 13. The number of carbonyl (C=O) groups is 13. The van der Waals surface area contributed by atoms with E-state index in [1.807, 2.05) is 0 Å². The maximum atomic E-state index is 14.9. The smallest absolute Gasteiger partial charge is 0.260 e. The molecule has 4 rings (SSSR count). The number of likely N-dealkylation sites (tertiary alicyclic amines) is 1. The summed E-state index contributed by atoms with van der Waals surface area (Å²) < 4.78 is 12.8. The molecule has 500 valence electrons. The average Bonchev–Trinajstić information content (AvgIpc) is 1.91. The SMILES string of the molecule is CCC(C)[C@@H]1NC(=O)[C@H](Cc2ccc(O)cc2)NC(=O)[C@@H](NC(=O)CCCCCNC(=O)CON=Cc2ccc(CF)cc2)CSSC[C@@H](C(=O)N2CCC[C@H]2C(=O)N[C@@H](CC(C)C)C(=O)NCC(N)=O)NC(=O)[C@H](CC(N)=O)NC(=O)[C@H](CCC(N)=O)NC1=O. The molecule has 9 atom stereocenters. The fourth-order valence-electron chi connectivity index (χ4n) is 9.46. The predicted molar refractivity (Wildman–Crippen MR) is 335 cm³/mol. The number of unbranched alkanes of at least 4 members (excludes halogenated alkanes) is 2. The first-order valence-electron chi connectivity index (χ1n) is 29.9. The number of alkyl halides is 1. The van der Waals surface area contributed by atoms with Crippen molar-refractivity contribution in [3.8, 4) is 5.75 Å². The Morgan fingerprint density at radius 2 is 1.40 bits per heavy atom. The molecule has 91 heavy (non-hydrogen) atoms. The Morgan fingerprint density at radius 1 is 0.747 bits per heavy atom. The van der Waals surface area contributed by atoms with Gasteiger partial charge in [-0.05, 0) is 79.2 Å². The van der Waals surface area contributed by atoms with Gasteiger partial charge in [-0.25, -0.2) is 4.39 Å². The summed E-state index contributed by atoms with van der Waals surface area (Å²) in [5.74, 6) is -12.5. The van der Waals surface area contributed by atoms with E-state index in [9.17, 15) is 71.8 Å². The Bertz CT molecular complexity index is 2890. The van der Waals surface area contributed by atoms with E-state index in [1.54, 1.807) is 52.0 Å². The van der Waals surface area contributed by atoms with Crippen LogP contribution in [0.15, 0.2) is 53.7 Å². The fraction of sp³-hybridized carbons (Fsp3) is 0.559. The Labute approximate surface area is 534 Å². The highest BCUT2D eigenvalue weighted by molar-refractivity contribution is 8.76. The first-order valence-corrected chi connectivity index (χ1v) is 32.4. The van der Waals surface area contributed by atoms with Crippen LogP contribution >= 0.6 is 21.6 Å². The molecule has 0 aromatic heterocycles. The minimum atomic E-state index is -1.83. The number of phenolic OH excluding ortho intramolecular Hbond substituents is 1. The first kappa shape index (κ1) is 74.9. The number of phenols is 1. The standard InChI is InChI=1S/C59H85FN14O15S2/c1-5-34(4)51-58(87)68-39(20-21-46(61)76)53(82)70-42(26-47(62)77)54(83)72-44(59(88)74-23-9-10-45(74)57(86)71-40(24-33(2)3)52(81)65-29-48(63)78)32-91-90-31-43(56(85)69-41(55(84)73-51)25-35-16-18-38(75)19-17-35)67-49(79)11-7-6-8-22-64-50(80)30-89-66-28-37-14-12-36(27-60)13-15-37/h12-19,28,33-34,39-45,51,75H,5-11,20-27,29-32H2,1-4H3,(H2,61,76)(H2,62,77)(H2,63,78)(H,64,80)(H,65,81)(H,67,79)(H,68,87)(H,69,85)(H,70,82)(H,71,86)(H,72,83)(H,73,84)/t34?,39-,40-,41-,42-,43-,44-,45-,51-/m0/s1. The van der Waals surface area contributed by atoms with Crippen LogP contribution in [0.5, 0.6) is 5.75 Å². The third-order valence-electron chi connectivity index (χ3n) is 14.6. The molecule has 0 bridgehead atoms. The molecule has 2 fully saturated rings. The molecule has 2 aliphatic rings. The van der Waals surface area contributed by atoms with Crippen molar-refractivity contribution in [3.63, 3.8) is 0 Å². The monoisotopic (exact) mass is 1310 g/mol. The average molecular weight is 1310 g/mol. The van der Waals surface area contributed by atoms with Gasteiger partial charge in [0.05, 0.1) is 19.2 Å². The molecular formula is C59H85FN14O15S2. The number of nitrogens with one attached hydrogen (secondary N) is 9. The number of nitrogens with zero attached hydrogens (tertiary/aromatic N) is 2. The minimum Gasteiger partial charge on any atom is -0.508 e. The number of aromatic hydroxyl groups is 1. The molecule has 2 heterocycles. The van der Waals surface area contributed by atoms with Gasteiger partial charge in [0, 0.05) is 43.9 Å². The van der Waals surface area contributed by atoms with E-state index in [-0.39, 0.29) is 75.0 Å². The normalized spacial score (nSPS) is 21.1. The Kier molecular flexibility index (Phi) is 32.0. The highest BCUT2D eigenvalue weighted by Gasteiger charge is 2.41. The van der Waals surface area contributed by atoms with Crippen LogP contribution in [0, 0.1) is 11.8 Å². The minimum absolute atomic E-state index is 0.0157. The second-order valence-electron chi connectivity index (χ2n) is 22.5. The van der Waals surface area contributed by atoms with Crippen LogP contribution in [-0.4, -0.2) is 179 Å². The second kappa shape index (κ2) is 38.9. The lowest BCUT2D eigenvalue weighted by molar-refractivity contribution is -0.142. The van der Waals surface area contributed by atoms with Gasteiger partial charge in [0.1, 0.15) is 60.8 Å². The summed E-state index contributed by atoms with van der Waals surface area (Å²) in [4.78, 5) is 183. The zero-order chi connectivity index (χ0) is 67.2. The lowest BCUT2D eigenvalue weighted by atomic mass is 9.96. The van der Waals surface area contributed by atoms with E-state index in [0.29, 0.717) is 42.4 Å². The van der Waals surface area contributed by atoms with Crippen molar-refractivity contribution in [2.45, 2.75) is 160 Å². The van der Waals surface area contributed by atoms with Crippen LogP contribution in [0.1, 0.15) is 115 Å². The molecule has 2 aromatic carbocycles. The molecular weight excluding hydrogens is 1230 g/mol. The summed E-state index contributed by atoms with van der Waals surface area (Å²) >= 11 is 0. The number of hydrogen-bond acceptors (Lipinski definition) is 18. The zero-order valence-electron chi connectivity index (χ0n) is 51.4. The number of benzene rings is 2. The molecule has 0 saturated carbocycles. The lowest BCUT2D eigenvalue weighted by Gasteiger charge is -2.31. The quantitative estimate of drug-likeness (QED) is 0.0196. The van der Waals surface area contributed by atoms with Gasteiger partial charge < -0.3 is 79.9 Å². The van der Waals surface area contributed by atoms with Gasteiger partial charge in [-0.1, -0.05) is 104 Å². The van der Waals surface area contributed by atoms with Crippen LogP contribution in [-0.2, 0) is 80.3 Å². The lowest BCUT2D eigenvalue weighted by Crippen LogP contribution is -2.62. The Hall–Kier alpha value is -8.55. The fourth-order valence-corrected chi connectivity index (χ4v) is 11.8. The summed E-state index contributed by atoms with van der Waals surface area (Å²) in [5.41, 5.74) is 17.9. The van der Waals surface area contributed by atoms with Crippen molar-refractivity contribution in [3.05, 3.63) is 65.2 Å². The molecule has 2 saturated heterocycles. The number of nitrogens with two attached hydrogens (primary N) is 3. The van der Waals surface area contributed by atoms with Crippen molar-refractivity contribution in [2.75, 3.05) is 37.7 Å². The van der Waals surface area contributed by atoms with Crippen LogP contribution in [0.3, 0.4) is 0 Å². The number of rotatable bonds is 29. The molecule has 13 amide bonds. The van der Waals surface area contributed by atoms with Crippen LogP contribution in [0.2, 0.25) is 0 Å². The summed E-state index contributed by atoms with van der Waals surface area (Å²) in [6.07, 6.45) is 1.27. The molecule has 32 heteroatoms. The second-order valence-corrected chi connectivity index (χ2v) is 25.0. The molecule has 0 spiro atoms. The Morgan fingerprint density at radius 3 is 2.04 bits per heavy atom. The van der Waals surface area contributed by atoms with Crippen LogP contribution < -0.4 is 65.1 Å². The molecule has 2 aromatic rings. The molecule has 16 N–H and O–H groups in total. The summed E-state index contributed by atoms with van der Waals surface area (Å²) in [5, 5.41) is 37.2. The molecule has 0 radical (unpaired) electrons. The topological polar surface area (TPSA) is 453 Å². The van der Waals surface area contributed by atoms with E-state index >= 15 is 0 Å². The molecule has 1 unspecified atom stereocenters. The van der Waals surface area contributed by atoms with Crippen molar-refractivity contribution >= 4 is 105 Å². The summed E-state index contributed by atoms with van der Waals surface area (Å²) in [6.45, 7) is 5.65. The summed E-state index contributed by atoms with van der Waals surface area (Å²) in [6, 6.07) is 0.475. The van der Waals surface area contributed by atoms with Gasteiger partial charge >= 0.3 is 0 Å². The van der Waals surface area contributed by atoms with E-state index < -0.39 is 164 Å². The van der Waals surface area contributed by atoms with Crippen molar-refractivity contribution in [1.29, 1.82) is 0 Å². The highest BCUT2D eigenvalue weighted by Crippen LogP contribution is 2.27. The number of halogens is 1. The molecule has 0 aliphatic carbocycles. The van der Waals surface area contributed by atoms with Gasteiger partial charge in [0.2, 0.25) is 70.9 Å². The molecule has 2 aliphatic heterocycles. The van der Waals surface area contributed by atoms with E-state index in [2.05, 4.69) is 53.0 Å². The number of oxime groups is 1. The number of hydrogen-bond donors (Lipinski definition) is 13. The van der Waals surface area contributed by atoms with Crippen molar-refractivity contribution in [2.24, 2.45) is 34.2 Å². The maximum Gasteiger partial charge on any atom is 0.260 e. The largest absolute Gasteiger partial charge is 0.508 e. The van der Waals surface area contributed by atoms with E-state index in [4.69, 9.17) is 22.0 Å². The van der Waals surface area contributed by atoms with Gasteiger partial charge in [0.15, 0.2) is 6.61 Å². The number of carbonyl (C=O) groups excluding carboxylic acids is 13. The Balaban J connectivity index is 1.67. The zero-order valence-corrected chi connectivity index (χ0v) is 53.0. The van der Waals surface area contributed by atoms with Crippen LogP contribution in [0.4, 0.5) is 4.39 Å². The van der Waals surface area contributed by atoms with Crippen molar-refractivity contribution < 1.29 is 76.7 Å². The van der Waals surface area contributed by atoms with E-state index in [0.717, 1.165) is 21.6 Å². The maximum absolute atomic E-state index is 14.9. The third-order valence-corrected chi connectivity index (χ3v) is 17.0. The van der Waals surface area contributed by atoms with Gasteiger partial charge in [0.25, 0.3) is 5.91 Å². The van der Waals surface area contributed by atoms with Gasteiger partial charge in [-0.3, -0.25) is 62.3 Å². The van der Waals surface area contributed by atoms with Gasteiger partial charge in [-0.15, -0.1) is 0 Å². The number of primary amides is 3.